The van der Waals surface area contributed by atoms with Crippen molar-refractivity contribution in [2.45, 2.75) is 38.5 Å². The van der Waals surface area contributed by atoms with Gasteiger partial charge in [-0.15, -0.1) is 0 Å². The first-order valence-corrected chi connectivity index (χ1v) is 8.49. The summed E-state index contributed by atoms with van der Waals surface area (Å²) < 4.78 is 5.31. The lowest BCUT2D eigenvalue weighted by Gasteiger charge is -2.20. The van der Waals surface area contributed by atoms with Crippen LogP contribution in [0.25, 0.3) is 11.3 Å². The van der Waals surface area contributed by atoms with Gasteiger partial charge in [0.1, 0.15) is 5.60 Å². The lowest BCUT2D eigenvalue weighted by molar-refractivity contribution is 0.0636. The molecule has 122 valence electrons. The average molecular weight is 331 g/mol. The predicted octanol–water partition coefficient (Wildman–Crippen LogP) is 4.52. The number of benzene rings is 1. The van der Waals surface area contributed by atoms with Crippen molar-refractivity contribution in [3.8, 4) is 11.3 Å². The molecule has 0 saturated heterocycles. The minimum Gasteiger partial charge on any atom is -0.444 e. The molecular weight excluding hydrogens is 310 g/mol. The Morgan fingerprint density at radius 3 is 2.57 bits per heavy atom. The van der Waals surface area contributed by atoms with Gasteiger partial charge in [-0.3, -0.25) is 5.32 Å². The van der Waals surface area contributed by atoms with E-state index in [9.17, 15) is 4.79 Å². The Balaban J connectivity index is 2.40. The number of ether oxygens (including phenoxy) is 1. The molecule has 1 amide bonds. The van der Waals surface area contributed by atoms with E-state index in [0.29, 0.717) is 16.5 Å². The summed E-state index contributed by atoms with van der Waals surface area (Å²) in [6.45, 7) is 7.47. The molecule has 0 aliphatic rings. The zero-order valence-corrected chi connectivity index (χ0v) is 14.8. The van der Waals surface area contributed by atoms with E-state index in [-0.39, 0.29) is 0 Å². The third-order valence-corrected chi connectivity index (χ3v) is 3.55. The number of thioether (sulfide) groups is 1. The molecule has 6 heteroatoms. The maximum atomic E-state index is 12.1. The molecule has 0 aliphatic heterocycles. The van der Waals surface area contributed by atoms with E-state index >= 15 is 0 Å². The highest BCUT2D eigenvalue weighted by Crippen LogP contribution is 2.29. The van der Waals surface area contributed by atoms with Crippen molar-refractivity contribution < 1.29 is 9.53 Å². The number of aromatic nitrogens is 2. The molecule has 1 heterocycles. The summed E-state index contributed by atoms with van der Waals surface area (Å²) in [6.07, 6.45) is 3.01. The molecule has 0 fully saturated rings. The molecule has 1 N–H and O–H groups in total. The standard InChI is InChI=1S/C17H21N3O2S/c1-11-8-6-7-9-12(11)14-13(10-18-15(20-14)23-5)19-16(21)22-17(2,3)4/h6-10H,1-5H3,(H,19,21). The van der Waals surface area contributed by atoms with Crippen LogP contribution in [0.15, 0.2) is 35.6 Å². The zero-order valence-electron chi connectivity index (χ0n) is 14.0. The number of nitrogens with one attached hydrogen (secondary N) is 1. The van der Waals surface area contributed by atoms with Crippen LogP contribution in [0.4, 0.5) is 10.5 Å². The van der Waals surface area contributed by atoms with Gasteiger partial charge in [0.05, 0.1) is 17.6 Å². The fourth-order valence-electron chi connectivity index (χ4n) is 2.01. The highest BCUT2D eigenvalue weighted by Gasteiger charge is 2.19. The number of amides is 1. The fraction of sp³-hybridized carbons (Fsp3) is 0.353. The third-order valence-electron chi connectivity index (χ3n) is 2.99. The zero-order chi connectivity index (χ0) is 17.0. The van der Waals surface area contributed by atoms with Gasteiger partial charge in [-0.1, -0.05) is 36.0 Å². The number of nitrogens with zero attached hydrogens (tertiary/aromatic N) is 2. The summed E-state index contributed by atoms with van der Waals surface area (Å²) in [5.41, 5.74) is 2.69. The summed E-state index contributed by atoms with van der Waals surface area (Å²) in [5, 5.41) is 3.40. The number of hydrogen-bond acceptors (Lipinski definition) is 5. The lowest BCUT2D eigenvalue weighted by atomic mass is 10.0. The molecule has 0 saturated carbocycles. The molecule has 0 unspecified atom stereocenters. The Bertz CT molecular complexity index is 711. The van der Waals surface area contributed by atoms with Crippen molar-refractivity contribution >= 4 is 23.5 Å². The number of carbonyl (C=O) groups is 1. The van der Waals surface area contributed by atoms with Crippen molar-refractivity contribution in [1.29, 1.82) is 0 Å². The van der Waals surface area contributed by atoms with Crippen molar-refractivity contribution in [3.63, 3.8) is 0 Å². The number of rotatable bonds is 3. The maximum Gasteiger partial charge on any atom is 0.412 e. The second kappa shape index (κ2) is 7.00. The predicted molar refractivity (Wildman–Crippen MR) is 93.8 cm³/mol. The van der Waals surface area contributed by atoms with Crippen LogP contribution in [0.1, 0.15) is 26.3 Å². The Labute approximate surface area is 140 Å². The molecule has 0 spiro atoms. The Morgan fingerprint density at radius 2 is 1.96 bits per heavy atom. The van der Waals surface area contributed by atoms with Crippen LogP contribution in [0.3, 0.4) is 0 Å². The monoisotopic (exact) mass is 331 g/mol. The molecule has 0 bridgehead atoms. The second-order valence-corrected chi connectivity index (χ2v) is 6.83. The van der Waals surface area contributed by atoms with Crippen LogP contribution in [0, 0.1) is 6.92 Å². The highest BCUT2D eigenvalue weighted by atomic mass is 32.2. The first-order chi connectivity index (χ1) is 10.8. The van der Waals surface area contributed by atoms with Crippen molar-refractivity contribution in [1.82, 2.24) is 9.97 Å². The second-order valence-electron chi connectivity index (χ2n) is 6.06. The highest BCUT2D eigenvalue weighted by molar-refractivity contribution is 7.98. The van der Waals surface area contributed by atoms with Gasteiger partial charge in [0, 0.05) is 5.56 Å². The molecule has 5 nitrogen and oxygen atoms in total. The van der Waals surface area contributed by atoms with E-state index in [4.69, 9.17) is 4.74 Å². The van der Waals surface area contributed by atoms with Gasteiger partial charge in [-0.05, 0) is 39.5 Å². The molecule has 0 radical (unpaired) electrons. The number of anilines is 1. The number of hydrogen-bond donors (Lipinski definition) is 1. The first-order valence-electron chi connectivity index (χ1n) is 7.27. The summed E-state index contributed by atoms with van der Waals surface area (Å²) >= 11 is 1.45. The Kier molecular flexibility index (Phi) is 5.26. The largest absolute Gasteiger partial charge is 0.444 e. The molecule has 23 heavy (non-hydrogen) atoms. The molecular formula is C17H21N3O2S. The SMILES string of the molecule is CSc1ncc(NC(=O)OC(C)(C)C)c(-c2ccccc2C)n1. The summed E-state index contributed by atoms with van der Waals surface area (Å²) in [6, 6.07) is 7.90. The van der Waals surface area contributed by atoms with Gasteiger partial charge in [0.15, 0.2) is 5.16 Å². The van der Waals surface area contributed by atoms with Crippen LogP contribution >= 0.6 is 11.8 Å². The van der Waals surface area contributed by atoms with Crippen molar-refractivity contribution in [2.24, 2.45) is 0 Å². The average Bonchev–Trinajstić information content (AvgIpc) is 2.46. The van der Waals surface area contributed by atoms with Gasteiger partial charge >= 0.3 is 6.09 Å². The fourth-order valence-corrected chi connectivity index (χ4v) is 2.35. The molecule has 1 aromatic heterocycles. The van der Waals surface area contributed by atoms with Crippen molar-refractivity contribution in [3.05, 3.63) is 36.0 Å². The first kappa shape index (κ1) is 17.3. The maximum absolute atomic E-state index is 12.1. The Hall–Kier alpha value is -2.08. The summed E-state index contributed by atoms with van der Waals surface area (Å²) in [5.74, 6) is 0. The molecule has 2 aromatic rings. The normalized spacial score (nSPS) is 11.2. The topological polar surface area (TPSA) is 64.1 Å². The minimum absolute atomic E-state index is 0.521. The van der Waals surface area contributed by atoms with Gasteiger partial charge in [-0.2, -0.15) is 0 Å². The van der Waals surface area contributed by atoms with E-state index in [1.807, 2.05) is 58.2 Å². The van der Waals surface area contributed by atoms with E-state index in [0.717, 1.165) is 11.1 Å². The van der Waals surface area contributed by atoms with Gasteiger partial charge < -0.3 is 4.74 Å². The van der Waals surface area contributed by atoms with Crippen LogP contribution in [0.5, 0.6) is 0 Å². The molecule has 0 atom stereocenters. The minimum atomic E-state index is -0.563. The quantitative estimate of drug-likeness (QED) is 0.661. The molecule has 1 aromatic carbocycles. The van der Waals surface area contributed by atoms with Gasteiger partial charge in [-0.25, -0.2) is 14.8 Å². The van der Waals surface area contributed by atoms with Crippen LogP contribution in [0.2, 0.25) is 0 Å². The van der Waals surface area contributed by atoms with E-state index < -0.39 is 11.7 Å². The van der Waals surface area contributed by atoms with Gasteiger partial charge in [0.25, 0.3) is 0 Å². The van der Waals surface area contributed by atoms with E-state index in [1.165, 1.54) is 11.8 Å². The van der Waals surface area contributed by atoms with E-state index in [1.54, 1.807) is 6.20 Å². The summed E-state index contributed by atoms with van der Waals surface area (Å²) in [4.78, 5) is 20.9. The Morgan fingerprint density at radius 1 is 1.26 bits per heavy atom. The van der Waals surface area contributed by atoms with Crippen LogP contribution < -0.4 is 5.32 Å². The smallest absolute Gasteiger partial charge is 0.412 e. The lowest BCUT2D eigenvalue weighted by Crippen LogP contribution is -2.27. The van der Waals surface area contributed by atoms with Gasteiger partial charge in [0.2, 0.25) is 0 Å². The molecule has 2 rings (SSSR count). The third kappa shape index (κ3) is 4.69. The van der Waals surface area contributed by atoms with Crippen LogP contribution in [-0.2, 0) is 4.74 Å². The van der Waals surface area contributed by atoms with Crippen molar-refractivity contribution in [2.75, 3.05) is 11.6 Å². The molecule has 0 aliphatic carbocycles. The van der Waals surface area contributed by atoms with Crippen LogP contribution in [-0.4, -0.2) is 27.9 Å². The number of carbonyl (C=O) groups excluding carboxylic acids is 1. The number of aryl methyl sites for hydroxylation is 1. The van der Waals surface area contributed by atoms with E-state index in [2.05, 4.69) is 15.3 Å². The summed E-state index contributed by atoms with van der Waals surface area (Å²) in [7, 11) is 0.